The summed E-state index contributed by atoms with van der Waals surface area (Å²) >= 11 is 5.93. The molecule has 0 bridgehead atoms. The van der Waals surface area contributed by atoms with E-state index in [-0.39, 0.29) is 11.4 Å². The molecule has 0 aromatic heterocycles. The Morgan fingerprint density at radius 1 is 0.971 bits per heavy atom. The van der Waals surface area contributed by atoms with Crippen LogP contribution in [-0.2, 0) is 19.6 Å². The van der Waals surface area contributed by atoms with Crippen molar-refractivity contribution < 1.29 is 17.9 Å². The van der Waals surface area contributed by atoms with Crippen molar-refractivity contribution >= 4 is 44.6 Å². The molecule has 0 unspecified atom stereocenters. The largest absolute Gasteiger partial charge is 0.378 e. The first-order chi connectivity index (χ1) is 16.3. The Morgan fingerprint density at radius 3 is 2.21 bits per heavy atom. The molecular formula is C25H26ClN3O4S. The smallest absolute Gasteiger partial charge is 0.264 e. The second kappa shape index (κ2) is 10.5. The standard InChI is InChI=1S/C25H26ClN3O4S/c1-19-2-8-23(9-3-19)29(34(31,32)24-12-4-20(26)5-13-24)18-25(30)27-21-6-10-22(11-7-21)28-14-16-33-17-15-28/h2-13H,14-18H2,1H3,(H,27,30). The number of hydrogen-bond acceptors (Lipinski definition) is 5. The Balaban J connectivity index is 1.53. The molecule has 34 heavy (non-hydrogen) atoms. The number of amides is 1. The van der Waals surface area contributed by atoms with E-state index in [0.29, 0.717) is 29.6 Å². The van der Waals surface area contributed by atoms with Crippen LogP contribution in [0.1, 0.15) is 5.56 Å². The summed E-state index contributed by atoms with van der Waals surface area (Å²) < 4.78 is 33.3. The van der Waals surface area contributed by atoms with E-state index < -0.39 is 15.9 Å². The molecule has 0 atom stereocenters. The zero-order valence-corrected chi connectivity index (χ0v) is 20.3. The van der Waals surface area contributed by atoms with Gasteiger partial charge in [0.05, 0.1) is 23.8 Å². The molecule has 0 spiro atoms. The van der Waals surface area contributed by atoms with E-state index in [4.69, 9.17) is 16.3 Å². The quantitative estimate of drug-likeness (QED) is 0.523. The van der Waals surface area contributed by atoms with Crippen molar-refractivity contribution in [2.75, 3.05) is 47.4 Å². The molecule has 1 N–H and O–H groups in total. The molecule has 3 aromatic rings. The molecule has 1 aliphatic heterocycles. The van der Waals surface area contributed by atoms with Crippen molar-refractivity contribution in [3.63, 3.8) is 0 Å². The lowest BCUT2D eigenvalue weighted by molar-refractivity contribution is -0.114. The maximum absolute atomic E-state index is 13.4. The Bertz CT molecular complexity index is 1220. The van der Waals surface area contributed by atoms with Gasteiger partial charge in [0.15, 0.2) is 0 Å². The first kappa shape index (κ1) is 24.1. The summed E-state index contributed by atoms with van der Waals surface area (Å²) in [7, 11) is -4.00. The minimum atomic E-state index is -4.00. The number of halogens is 1. The van der Waals surface area contributed by atoms with Crippen LogP contribution < -0.4 is 14.5 Å². The highest BCUT2D eigenvalue weighted by Crippen LogP contribution is 2.25. The maximum atomic E-state index is 13.4. The van der Waals surface area contributed by atoms with Crippen LogP contribution in [0.2, 0.25) is 5.02 Å². The van der Waals surface area contributed by atoms with Gasteiger partial charge in [-0.2, -0.15) is 0 Å². The summed E-state index contributed by atoms with van der Waals surface area (Å²) in [5.74, 6) is -0.447. The molecule has 3 aromatic carbocycles. The van der Waals surface area contributed by atoms with Gasteiger partial charge in [0.2, 0.25) is 5.91 Å². The number of nitrogens with one attached hydrogen (secondary N) is 1. The van der Waals surface area contributed by atoms with Gasteiger partial charge in [0, 0.05) is 29.5 Å². The lowest BCUT2D eigenvalue weighted by Gasteiger charge is -2.29. The van der Waals surface area contributed by atoms with Gasteiger partial charge in [0.25, 0.3) is 10.0 Å². The topological polar surface area (TPSA) is 79.0 Å². The van der Waals surface area contributed by atoms with Gasteiger partial charge in [-0.3, -0.25) is 9.10 Å². The number of benzene rings is 3. The average molecular weight is 500 g/mol. The summed E-state index contributed by atoms with van der Waals surface area (Å²) in [4.78, 5) is 15.2. The molecule has 1 saturated heterocycles. The van der Waals surface area contributed by atoms with Crippen LogP contribution >= 0.6 is 11.6 Å². The zero-order chi connectivity index (χ0) is 24.1. The van der Waals surface area contributed by atoms with Crippen LogP contribution in [0.25, 0.3) is 0 Å². The summed E-state index contributed by atoms with van der Waals surface area (Å²) in [6.45, 7) is 4.55. The van der Waals surface area contributed by atoms with E-state index in [0.717, 1.165) is 28.6 Å². The minimum absolute atomic E-state index is 0.0557. The van der Waals surface area contributed by atoms with E-state index >= 15 is 0 Å². The molecule has 0 radical (unpaired) electrons. The number of sulfonamides is 1. The van der Waals surface area contributed by atoms with Gasteiger partial charge < -0.3 is 15.0 Å². The second-order valence-corrected chi connectivity index (χ2v) is 10.3. The van der Waals surface area contributed by atoms with Gasteiger partial charge in [-0.05, 0) is 67.6 Å². The van der Waals surface area contributed by atoms with Crippen molar-refractivity contribution in [3.8, 4) is 0 Å². The van der Waals surface area contributed by atoms with Gasteiger partial charge in [-0.1, -0.05) is 29.3 Å². The lowest BCUT2D eigenvalue weighted by atomic mass is 10.2. The van der Waals surface area contributed by atoms with Gasteiger partial charge >= 0.3 is 0 Å². The third kappa shape index (κ3) is 5.70. The molecule has 0 aliphatic carbocycles. The van der Waals surface area contributed by atoms with Crippen molar-refractivity contribution in [2.24, 2.45) is 0 Å². The lowest BCUT2D eigenvalue weighted by Crippen LogP contribution is -2.38. The monoisotopic (exact) mass is 499 g/mol. The fourth-order valence-electron chi connectivity index (χ4n) is 3.67. The average Bonchev–Trinajstić information content (AvgIpc) is 2.84. The highest BCUT2D eigenvalue weighted by atomic mass is 35.5. The SMILES string of the molecule is Cc1ccc(N(CC(=O)Nc2ccc(N3CCOCC3)cc2)S(=O)(=O)c2ccc(Cl)cc2)cc1. The summed E-state index contributed by atoms with van der Waals surface area (Å²) in [5, 5.41) is 3.24. The number of morpholine rings is 1. The number of nitrogens with zero attached hydrogens (tertiary/aromatic N) is 2. The molecule has 9 heteroatoms. The predicted molar refractivity (Wildman–Crippen MR) is 135 cm³/mol. The number of hydrogen-bond donors (Lipinski definition) is 1. The summed E-state index contributed by atoms with van der Waals surface area (Å²) in [6.07, 6.45) is 0. The van der Waals surface area contributed by atoms with E-state index in [2.05, 4.69) is 10.2 Å². The number of rotatable bonds is 7. The highest BCUT2D eigenvalue weighted by molar-refractivity contribution is 7.92. The third-order valence-corrected chi connectivity index (χ3v) is 7.58. The third-order valence-electron chi connectivity index (χ3n) is 5.54. The van der Waals surface area contributed by atoms with Crippen LogP contribution in [0.4, 0.5) is 17.1 Å². The highest BCUT2D eigenvalue weighted by Gasteiger charge is 2.27. The molecule has 7 nitrogen and oxygen atoms in total. The molecule has 1 amide bonds. The molecule has 1 aliphatic rings. The zero-order valence-electron chi connectivity index (χ0n) is 18.8. The van der Waals surface area contributed by atoms with Gasteiger partial charge in [0.1, 0.15) is 6.54 Å². The molecule has 0 saturated carbocycles. The fraction of sp³-hybridized carbons (Fsp3) is 0.240. The first-order valence-electron chi connectivity index (χ1n) is 10.9. The van der Waals surface area contributed by atoms with E-state index in [1.807, 2.05) is 43.3 Å². The van der Waals surface area contributed by atoms with E-state index in [1.165, 1.54) is 24.3 Å². The predicted octanol–water partition coefficient (Wildman–Crippen LogP) is 4.32. The Hall–Kier alpha value is -3.07. The molecule has 178 valence electrons. The van der Waals surface area contributed by atoms with Crippen LogP contribution in [0.15, 0.2) is 77.7 Å². The van der Waals surface area contributed by atoms with E-state index in [9.17, 15) is 13.2 Å². The van der Waals surface area contributed by atoms with Gasteiger partial charge in [-0.25, -0.2) is 8.42 Å². The second-order valence-electron chi connectivity index (χ2n) is 8.00. The van der Waals surface area contributed by atoms with Crippen LogP contribution in [-0.4, -0.2) is 47.2 Å². The maximum Gasteiger partial charge on any atom is 0.264 e. The number of carbonyl (C=O) groups excluding carboxylic acids is 1. The van der Waals surface area contributed by atoms with Crippen LogP contribution in [0.3, 0.4) is 0 Å². The first-order valence-corrected chi connectivity index (χ1v) is 12.7. The summed E-state index contributed by atoms with van der Waals surface area (Å²) in [5.41, 5.74) is 3.03. The van der Waals surface area contributed by atoms with Crippen LogP contribution in [0.5, 0.6) is 0 Å². The Kier molecular flexibility index (Phi) is 7.41. The fourth-order valence-corrected chi connectivity index (χ4v) is 5.21. The molecule has 4 rings (SSSR count). The molecular weight excluding hydrogens is 474 g/mol. The number of anilines is 3. The van der Waals surface area contributed by atoms with Crippen LogP contribution in [0, 0.1) is 6.92 Å². The summed E-state index contributed by atoms with van der Waals surface area (Å²) in [6, 6.07) is 20.4. The van der Waals surface area contributed by atoms with E-state index in [1.54, 1.807) is 12.1 Å². The number of ether oxygens (including phenoxy) is 1. The number of aryl methyl sites for hydroxylation is 1. The van der Waals surface area contributed by atoms with Crippen molar-refractivity contribution in [2.45, 2.75) is 11.8 Å². The van der Waals surface area contributed by atoms with Crippen molar-refractivity contribution in [1.29, 1.82) is 0 Å². The Morgan fingerprint density at radius 2 is 1.59 bits per heavy atom. The minimum Gasteiger partial charge on any atom is -0.378 e. The molecule has 1 heterocycles. The Labute approximate surface area is 205 Å². The van der Waals surface area contributed by atoms with Gasteiger partial charge in [-0.15, -0.1) is 0 Å². The van der Waals surface area contributed by atoms with Crippen molar-refractivity contribution in [3.05, 3.63) is 83.4 Å². The van der Waals surface area contributed by atoms with Crippen molar-refractivity contribution in [1.82, 2.24) is 0 Å². The molecule has 1 fully saturated rings. The normalized spacial score (nSPS) is 14.0. The number of carbonyl (C=O) groups is 1.